The van der Waals surface area contributed by atoms with E-state index in [-0.39, 0.29) is 19.2 Å². The Morgan fingerprint density at radius 3 is 1.94 bits per heavy atom. The van der Waals surface area contributed by atoms with Gasteiger partial charge in [0, 0.05) is 19.5 Å². The standard InChI is InChI=1S/C5H7Cl2NO.C5H9NO.CH4/c6-5(7)2-1-3-8-4(5)9;7-5-3-1-2-4-6-5;/h1-3H2,(H,8,9);1-4H2,(H,6,7);1H4. The van der Waals surface area contributed by atoms with Gasteiger partial charge in [0.25, 0.3) is 5.91 Å². The van der Waals surface area contributed by atoms with Crippen molar-refractivity contribution >= 4 is 35.0 Å². The second-order valence-electron chi connectivity index (χ2n) is 3.87. The van der Waals surface area contributed by atoms with Crippen molar-refractivity contribution < 1.29 is 9.59 Å². The Balaban J connectivity index is 0.000000292. The molecule has 0 aromatic heterocycles. The van der Waals surface area contributed by atoms with Crippen LogP contribution in [0.2, 0.25) is 0 Å². The molecule has 0 unspecified atom stereocenters. The quantitative estimate of drug-likeness (QED) is 0.668. The highest BCUT2D eigenvalue weighted by atomic mass is 35.5. The van der Waals surface area contributed by atoms with Crippen molar-refractivity contribution in [2.75, 3.05) is 13.1 Å². The molecule has 2 heterocycles. The Kier molecular flexibility index (Phi) is 7.55. The molecule has 6 heteroatoms. The molecular formula is C11H20Cl2N2O2. The zero-order valence-corrected chi connectivity index (χ0v) is 10.5. The minimum absolute atomic E-state index is 0. The zero-order valence-electron chi connectivity index (χ0n) is 9.02. The molecule has 0 atom stereocenters. The first kappa shape index (κ1) is 16.5. The fourth-order valence-corrected chi connectivity index (χ4v) is 1.88. The second kappa shape index (κ2) is 7.77. The molecular weight excluding hydrogens is 263 g/mol. The van der Waals surface area contributed by atoms with Crippen molar-refractivity contribution in [3.63, 3.8) is 0 Å². The highest BCUT2D eigenvalue weighted by molar-refractivity contribution is 6.58. The largest absolute Gasteiger partial charge is 0.356 e. The van der Waals surface area contributed by atoms with Gasteiger partial charge in [-0.25, -0.2) is 0 Å². The predicted molar refractivity (Wildman–Crippen MR) is 70.3 cm³/mol. The average Bonchev–Trinajstić information content (AvgIpc) is 2.24. The van der Waals surface area contributed by atoms with E-state index in [1.165, 1.54) is 0 Å². The minimum atomic E-state index is -1.17. The molecule has 0 spiro atoms. The molecule has 0 radical (unpaired) electrons. The molecule has 2 N–H and O–H groups in total. The average molecular weight is 283 g/mol. The van der Waals surface area contributed by atoms with Crippen LogP contribution >= 0.6 is 23.2 Å². The van der Waals surface area contributed by atoms with E-state index in [4.69, 9.17) is 23.2 Å². The first-order valence-electron chi connectivity index (χ1n) is 5.45. The molecule has 0 aromatic carbocycles. The lowest BCUT2D eigenvalue weighted by Crippen LogP contribution is -2.43. The molecule has 2 aliphatic rings. The van der Waals surface area contributed by atoms with Crippen molar-refractivity contribution in [3.8, 4) is 0 Å². The predicted octanol–water partition coefficient (Wildman–Crippen LogP) is 1.99. The maximum atomic E-state index is 10.7. The zero-order chi connectivity index (χ0) is 12.0. The minimum Gasteiger partial charge on any atom is -0.356 e. The van der Waals surface area contributed by atoms with Gasteiger partial charge in [0.15, 0.2) is 4.33 Å². The number of piperidine rings is 2. The van der Waals surface area contributed by atoms with Gasteiger partial charge in [-0.3, -0.25) is 9.59 Å². The number of hydrogen-bond acceptors (Lipinski definition) is 2. The Bertz CT molecular complexity index is 262. The summed E-state index contributed by atoms with van der Waals surface area (Å²) in [4.78, 5) is 21.1. The Morgan fingerprint density at radius 1 is 1.00 bits per heavy atom. The van der Waals surface area contributed by atoms with Gasteiger partial charge >= 0.3 is 0 Å². The summed E-state index contributed by atoms with van der Waals surface area (Å²) in [5.41, 5.74) is 0. The van der Waals surface area contributed by atoms with E-state index in [2.05, 4.69) is 10.6 Å². The summed E-state index contributed by atoms with van der Waals surface area (Å²) in [5.74, 6) is -0.0525. The van der Waals surface area contributed by atoms with Crippen LogP contribution in [0.4, 0.5) is 0 Å². The number of alkyl halides is 2. The lowest BCUT2D eigenvalue weighted by molar-refractivity contribution is -0.123. The maximum absolute atomic E-state index is 10.7. The fraction of sp³-hybridized carbons (Fsp3) is 0.818. The van der Waals surface area contributed by atoms with E-state index >= 15 is 0 Å². The van der Waals surface area contributed by atoms with Gasteiger partial charge in [-0.05, 0) is 25.7 Å². The molecule has 2 amide bonds. The number of carbonyl (C=O) groups is 2. The highest BCUT2D eigenvalue weighted by Gasteiger charge is 2.35. The summed E-state index contributed by atoms with van der Waals surface area (Å²) in [6, 6.07) is 0. The van der Waals surface area contributed by atoms with Crippen LogP contribution in [-0.4, -0.2) is 29.2 Å². The van der Waals surface area contributed by atoms with E-state index in [9.17, 15) is 9.59 Å². The summed E-state index contributed by atoms with van der Waals surface area (Å²) in [7, 11) is 0. The van der Waals surface area contributed by atoms with Crippen LogP contribution in [-0.2, 0) is 9.59 Å². The molecule has 2 fully saturated rings. The van der Waals surface area contributed by atoms with E-state index in [1.54, 1.807) is 0 Å². The first-order valence-corrected chi connectivity index (χ1v) is 6.21. The van der Waals surface area contributed by atoms with Gasteiger partial charge in [-0.1, -0.05) is 30.6 Å². The van der Waals surface area contributed by atoms with E-state index in [0.29, 0.717) is 13.0 Å². The van der Waals surface area contributed by atoms with Crippen molar-refractivity contribution in [3.05, 3.63) is 0 Å². The van der Waals surface area contributed by atoms with Crippen molar-refractivity contribution in [2.45, 2.75) is 43.9 Å². The maximum Gasteiger partial charge on any atom is 0.256 e. The van der Waals surface area contributed by atoms with Gasteiger partial charge in [0.1, 0.15) is 0 Å². The van der Waals surface area contributed by atoms with Gasteiger partial charge in [-0.2, -0.15) is 0 Å². The third-order valence-electron chi connectivity index (χ3n) is 2.44. The molecule has 0 aliphatic carbocycles. The Morgan fingerprint density at radius 2 is 1.65 bits per heavy atom. The third-order valence-corrected chi connectivity index (χ3v) is 3.16. The number of nitrogens with one attached hydrogen (secondary N) is 2. The van der Waals surface area contributed by atoms with Crippen LogP contribution in [0.3, 0.4) is 0 Å². The Hall–Kier alpha value is -0.480. The summed E-state index contributed by atoms with van der Waals surface area (Å²) in [6.07, 6.45) is 4.39. The number of rotatable bonds is 0. The van der Waals surface area contributed by atoms with Crippen molar-refractivity contribution in [1.82, 2.24) is 10.6 Å². The van der Waals surface area contributed by atoms with E-state index < -0.39 is 4.33 Å². The topological polar surface area (TPSA) is 58.2 Å². The van der Waals surface area contributed by atoms with Gasteiger partial charge in [0.05, 0.1) is 0 Å². The van der Waals surface area contributed by atoms with Gasteiger partial charge in [0.2, 0.25) is 5.91 Å². The molecule has 17 heavy (non-hydrogen) atoms. The van der Waals surface area contributed by atoms with Gasteiger partial charge in [-0.15, -0.1) is 0 Å². The first-order chi connectivity index (χ1) is 7.52. The van der Waals surface area contributed by atoms with Crippen molar-refractivity contribution in [1.29, 1.82) is 0 Å². The molecule has 2 aliphatic heterocycles. The second-order valence-corrected chi connectivity index (χ2v) is 5.35. The highest BCUT2D eigenvalue weighted by Crippen LogP contribution is 2.28. The van der Waals surface area contributed by atoms with Crippen LogP contribution in [0.5, 0.6) is 0 Å². The normalized spacial score (nSPS) is 22.2. The molecule has 2 saturated heterocycles. The summed E-state index contributed by atoms with van der Waals surface area (Å²) in [5, 5.41) is 5.31. The lowest BCUT2D eigenvalue weighted by Gasteiger charge is -2.23. The molecule has 0 bridgehead atoms. The number of amides is 2. The van der Waals surface area contributed by atoms with E-state index in [1.807, 2.05) is 0 Å². The fourth-order valence-electron chi connectivity index (χ4n) is 1.48. The molecule has 4 nitrogen and oxygen atoms in total. The van der Waals surface area contributed by atoms with Crippen molar-refractivity contribution in [2.24, 2.45) is 0 Å². The molecule has 0 aromatic rings. The Labute approximate surface area is 112 Å². The van der Waals surface area contributed by atoms with Crippen LogP contribution in [0.15, 0.2) is 0 Å². The van der Waals surface area contributed by atoms with E-state index in [0.717, 1.165) is 32.2 Å². The SMILES string of the molecule is C.O=C1CCCCN1.O=C1NCCCC1(Cl)Cl. The lowest BCUT2D eigenvalue weighted by atomic mass is 10.1. The summed E-state index contributed by atoms with van der Waals surface area (Å²) in [6.45, 7) is 1.58. The smallest absolute Gasteiger partial charge is 0.256 e. The number of hydrogen-bond donors (Lipinski definition) is 2. The number of halogens is 2. The van der Waals surface area contributed by atoms with Gasteiger partial charge < -0.3 is 10.6 Å². The third kappa shape index (κ3) is 6.13. The molecule has 2 rings (SSSR count). The summed E-state index contributed by atoms with van der Waals surface area (Å²) < 4.78 is -1.17. The number of carbonyl (C=O) groups excluding carboxylic acids is 2. The van der Waals surface area contributed by atoms with Crippen LogP contribution in [0.25, 0.3) is 0 Å². The van der Waals surface area contributed by atoms with Crippen LogP contribution in [0.1, 0.15) is 39.5 Å². The molecule has 100 valence electrons. The molecule has 0 saturated carbocycles. The van der Waals surface area contributed by atoms with Crippen LogP contribution in [0, 0.1) is 0 Å². The van der Waals surface area contributed by atoms with Crippen LogP contribution < -0.4 is 10.6 Å². The monoisotopic (exact) mass is 282 g/mol. The summed E-state index contributed by atoms with van der Waals surface area (Å²) >= 11 is 11.2.